The number of aliphatic imine (C=N–C) groups is 1. The van der Waals surface area contributed by atoms with Crippen LogP contribution in [0.4, 0.5) is 0 Å². The Kier molecular flexibility index (Phi) is 4.36. The van der Waals surface area contributed by atoms with Gasteiger partial charge < -0.3 is 5.32 Å². The molecule has 0 atom stereocenters. The maximum atomic E-state index is 4.58. The quantitative estimate of drug-likeness (QED) is 0.842. The first-order valence-corrected chi connectivity index (χ1v) is 5.47. The standard InChI is InChI=1S/C13H18N2.ClH/c1-13(2)9-14-12(15-10-13)8-11-6-4-3-5-7-11;/h3-7H,8-10H2,1-2H3,(H,14,15);1H. The molecule has 2 rings (SSSR count). The van der Waals surface area contributed by atoms with Crippen molar-refractivity contribution in [2.24, 2.45) is 10.4 Å². The van der Waals surface area contributed by atoms with Crippen LogP contribution >= 0.6 is 12.4 Å². The van der Waals surface area contributed by atoms with E-state index in [1.807, 2.05) is 6.07 Å². The lowest BCUT2D eigenvalue weighted by atomic mass is 9.92. The predicted octanol–water partition coefficient (Wildman–Crippen LogP) is 2.68. The Morgan fingerprint density at radius 1 is 1.25 bits per heavy atom. The summed E-state index contributed by atoms with van der Waals surface area (Å²) in [5, 5.41) is 3.41. The summed E-state index contributed by atoms with van der Waals surface area (Å²) < 4.78 is 0. The van der Waals surface area contributed by atoms with Crippen LogP contribution in [0.2, 0.25) is 0 Å². The van der Waals surface area contributed by atoms with Gasteiger partial charge >= 0.3 is 0 Å². The Hall–Kier alpha value is -1.02. The van der Waals surface area contributed by atoms with E-state index in [0.717, 1.165) is 25.3 Å². The molecule has 0 saturated carbocycles. The van der Waals surface area contributed by atoms with E-state index in [-0.39, 0.29) is 12.4 Å². The second-order valence-electron chi connectivity index (χ2n) is 4.94. The number of nitrogens with one attached hydrogen (secondary N) is 1. The number of rotatable bonds is 2. The van der Waals surface area contributed by atoms with E-state index in [1.165, 1.54) is 5.56 Å². The maximum Gasteiger partial charge on any atom is 0.101 e. The van der Waals surface area contributed by atoms with Gasteiger partial charge in [0, 0.05) is 24.9 Å². The molecule has 0 aromatic heterocycles. The summed E-state index contributed by atoms with van der Waals surface area (Å²) >= 11 is 0. The van der Waals surface area contributed by atoms with Crippen molar-refractivity contribution in [1.82, 2.24) is 5.32 Å². The summed E-state index contributed by atoms with van der Waals surface area (Å²) in [5.41, 5.74) is 1.63. The fourth-order valence-electron chi connectivity index (χ4n) is 1.67. The highest BCUT2D eigenvalue weighted by atomic mass is 35.5. The Morgan fingerprint density at radius 3 is 2.50 bits per heavy atom. The zero-order chi connectivity index (χ0) is 10.7. The lowest BCUT2D eigenvalue weighted by molar-refractivity contribution is 0.360. The molecular formula is C13H19ClN2. The first kappa shape index (κ1) is 13.0. The average Bonchev–Trinajstić information content (AvgIpc) is 2.23. The van der Waals surface area contributed by atoms with E-state index in [2.05, 4.69) is 48.4 Å². The van der Waals surface area contributed by atoms with Crippen molar-refractivity contribution < 1.29 is 0 Å². The molecule has 1 aromatic rings. The molecule has 1 N–H and O–H groups in total. The van der Waals surface area contributed by atoms with Gasteiger partial charge in [-0.25, -0.2) is 0 Å². The average molecular weight is 239 g/mol. The second kappa shape index (κ2) is 5.35. The van der Waals surface area contributed by atoms with Crippen LogP contribution in [-0.4, -0.2) is 18.9 Å². The van der Waals surface area contributed by atoms with Crippen molar-refractivity contribution in [2.75, 3.05) is 13.1 Å². The minimum Gasteiger partial charge on any atom is -0.373 e. The molecule has 0 fully saturated rings. The topological polar surface area (TPSA) is 24.4 Å². The highest BCUT2D eigenvalue weighted by Gasteiger charge is 2.21. The molecule has 1 aliphatic heterocycles. The molecular weight excluding hydrogens is 220 g/mol. The second-order valence-corrected chi connectivity index (χ2v) is 4.94. The number of nitrogens with zero attached hydrogens (tertiary/aromatic N) is 1. The maximum absolute atomic E-state index is 4.58. The van der Waals surface area contributed by atoms with Gasteiger partial charge in [0.2, 0.25) is 0 Å². The van der Waals surface area contributed by atoms with Gasteiger partial charge in [-0.1, -0.05) is 44.2 Å². The summed E-state index contributed by atoms with van der Waals surface area (Å²) in [6.07, 6.45) is 0.928. The van der Waals surface area contributed by atoms with Crippen LogP contribution < -0.4 is 5.32 Å². The van der Waals surface area contributed by atoms with Crippen LogP contribution in [0.15, 0.2) is 35.3 Å². The van der Waals surface area contributed by atoms with E-state index in [0.29, 0.717) is 5.41 Å². The normalized spacial score (nSPS) is 18.0. The van der Waals surface area contributed by atoms with E-state index in [4.69, 9.17) is 0 Å². The Labute approximate surface area is 104 Å². The van der Waals surface area contributed by atoms with Gasteiger partial charge in [0.05, 0.1) is 0 Å². The van der Waals surface area contributed by atoms with Crippen molar-refractivity contribution in [3.8, 4) is 0 Å². The molecule has 1 heterocycles. The highest BCUT2D eigenvalue weighted by Crippen LogP contribution is 2.17. The lowest BCUT2D eigenvalue weighted by Crippen LogP contribution is -2.41. The van der Waals surface area contributed by atoms with Crippen LogP contribution in [0.1, 0.15) is 19.4 Å². The van der Waals surface area contributed by atoms with Gasteiger partial charge in [0.25, 0.3) is 0 Å². The first-order valence-electron chi connectivity index (χ1n) is 5.47. The van der Waals surface area contributed by atoms with Gasteiger partial charge in [-0.3, -0.25) is 4.99 Å². The molecule has 0 bridgehead atoms. The molecule has 3 heteroatoms. The smallest absolute Gasteiger partial charge is 0.101 e. The van der Waals surface area contributed by atoms with Crippen LogP contribution in [-0.2, 0) is 6.42 Å². The minimum atomic E-state index is 0. The van der Waals surface area contributed by atoms with Gasteiger partial charge in [-0.15, -0.1) is 12.4 Å². The molecule has 0 radical (unpaired) electrons. The third-order valence-electron chi connectivity index (χ3n) is 2.68. The van der Waals surface area contributed by atoms with Crippen LogP contribution in [0.25, 0.3) is 0 Å². The van der Waals surface area contributed by atoms with Crippen molar-refractivity contribution in [2.45, 2.75) is 20.3 Å². The third-order valence-corrected chi connectivity index (χ3v) is 2.68. The molecule has 0 saturated heterocycles. The van der Waals surface area contributed by atoms with Crippen molar-refractivity contribution in [3.63, 3.8) is 0 Å². The Morgan fingerprint density at radius 2 is 1.94 bits per heavy atom. The lowest BCUT2D eigenvalue weighted by Gasteiger charge is -2.29. The van der Waals surface area contributed by atoms with Gasteiger partial charge in [-0.05, 0) is 5.56 Å². The van der Waals surface area contributed by atoms with E-state index in [9.17, 15) is 0 Å². The van der Waals surface area contributed by atoms with Gasteiger partial charge in [0.15, 0.2) is 0 Å². The molecule has 0 aliphatic carbocycles. The molecule has 2 nitrogen and oxygen atoms in total. The molecule has 1 aliphatic rings. The highest BCUT2D eigenvalue weighted by molar-refractivity contribution is 5.85. The van der Waals surface area contributed by atoms with Crippen molar-refractivity contribution in [3.05, 3.63) is 35.9 Å². The van der Waals surface area contributed by atoms with E-state index >= 15 is 0 Å². The summed E-state index contributed by atoms with van der Waals surface area (Å²) in [4.78, 5) is 4.58. The van der Waals surface area contributed by atoms with Crippen molar-refractivity contribution >= 4 is 18.2 Å². The Bertz CT molecular complexity index is 357. The zero-order valence-electron chi connectivity index (χ0n) is 9.86. The summed E-state index contributed by atoms with van der Waals surface area (Å²) in [7, 11) is 0. The summed E-state index contributed by atoms with van der Waals surface area (Å²) in [6, 6.07) is 10.5. The molecule has 0 amide bonds. The van der Waals surface area contributed by atoms with E-state index in [1.54, 1.807) is 0 Å². The molecule has 0 unspecified atom stereocenters. The number of benzene rings is 1. The van der Waals surface area contributed by atoms with E-state index < -0.39 is 0 Å². The molecule has 1 aromatic carbocycles. The number of amidine groups is 1. The predicted molar refractivity (Wildman–Crippen MR) is 71.5 cm³/mol. The van der Waals surface area contributed by atoms with Gasteiger partial charge in [0.1, 0.15) is 5.84 Å². The fraction of sp³-hybridized carbons (Fsp3) is 0.462. The number of hydrogen-bond donors (Lipinski definition) is 1. The molecule has 88 valence electrons. The Balaban J connectivity index is 0.00000128. The summed E-state index contributed by atoms with van der Waals surface area (Å²) in [6.45, 7) is 6.44. The van der Waals surface area contributed by atoms with Crippen LogP contribution in [0, 0.1) is 5.41 Å². The minimum absolute atomic E-state index is 0. The zero-order valence-corrected chi connectivity index (χ0v) is 10.7. The van der Waals surface area contributed by atoms with Gasteiger partial charge in [-0.2, -0.15) is 0 Å². The van der Waals surface area contributed by atoms with Crippen LogP contribution in [0.3, 0.4) is 0 Å². The van der Waals surface area contributed by atoms with Crippen LogP contribution in [0.5, 0.6) is 0 Å². The largest absolute Gasteiger partial charge is 0.373 e. The van der Waals surface area contributed by atoms with Crippen molar-refractivity contribution in [1.29, 1.82) is 0 Å². The summed E-state index contributed by atoms with van der Waals surface area (Å²) in [5.74, 6) is 1.13. The first-order chi connectivity index (χ1) is 7.16. The fourth-order valence-corrected chi connectivity index (χ4v) is 1.67. The third kappa shape index (κ3) is 3.53. The number of halogens is 1. The SMILES string of the molecule is CC1(C)CN=C(Cc2ccccc2)NC1.Cl. The monoisotopic (exact) mass is 238 g/mol. The molecule has 16 heavy (non-hydrogen) atoms. The number of hydrogen-bond acceptors (Lipinski definition) is 2. The molecule has 0 spiro atoms.